The summed E-state index contributed by atoms with van der Waals surface area (Å²) in [6.07, 6.45) is 0.637. The second kappa shape index (κ2) is 6.52. The van der Waals surface area contributed by atoms with Crippen LogP contribution in [0.5, 0.6) is 5.75 Å². The fraction of sp³-hybridized carbons (Fsp3) is 0.222. The number of hydrogen-bond donors (Lipinski definition) is 2. The Balaban J connectivity index is 1.69. The monoisotopic (exact) mass is 311 g/mol. The molecule has 1 heterocycles. The van der Waals surface area contributed by atoms with E-state index in [2.05, 4.69) is 5.32 Å². The number of amides is 1. The number of nitrogens with one attached hydrogen (secondary N) is 1. The summed E-state index contributed by atoms with van der Waals surface area (Å²) in [6, 6.07) is 14.1. The molecule has 0 saturated carbocycles. The number of carboxylic acids is 1. The maximum atomic E-state index is 12.5. The third-order valence-corrected chi connectivity index (χ3v) is 3.92. The van der Waals surface area contributed by atoms with Gasteiger partial charge in [-0.25, -0.2) is 4.79 Å². The Kier molecular flexibility index (Phi) is 4.28. The number of aromatic carboxylic acids is 1. The highest BCUT2D eigenvalue weighted by atomic mass is 16.5. The van der Waals surface area contributed by atoms with E-state index in [1.807, 2.05) is 24.3 Å². The van der Waals surface area contributed by atoms with E-state index in [1.165, 1.54) is 6.07 Å². The van der Waals surface area contributed by atoms with Crippen LogP contribution in [0.4, 0.5) is 0 Å². The summed E-state index contributed by atoms with van der Waals surface area (Å²) in [4.78, 5) is 23.4. The van der Waals surface area contributed by atoms with Crippen molar-refractivity contribution in [2.75, 3.05) is 6.61 Å². The number of fused-ring (bicyclic) bond motifs is 1. The molecule has 2 N–H and O–H groups in total. The van der Waals surface area contributed by atoms with Crippen molar-refractivity contribution in [1.29, 1.82) is 0 Å². The molecule has 0 fully saturated rings. The average molecular weight is 311 g/mol. The predicted octanol–water partition coefficient (Wildman–Crippen LogP) is 2.57. The van der Waals surface area contributed by atoms with Gasteiger partial charge in [-0.3, -0.25) is 4.79 Å². The molecule has 1 amide bonds. The first-order chi connectivity index (χ1) is 11.1. The molecule has 23 heavy (non-hydrogen) atoms. The summed E-state index contributed by atoms with van der Waals surface area (Å²) >= 11 is 0. The van der Waals surface area contributed by atoms with E-state index in [9.17, 15) is 9.59 Å². The minimum absolute atomic E-state index is 0.0681. The second-order valence-electron chi connectivity index (χ2n) is 5.45. The van der Waals surface area contributed by atoms with Crippen molar-refractivity contribution in [3.63, 3.8) is 0 Å². The molecular weight excluding hydrogens is 294 g/mol. The topological polar surface area (TPSA) is 75.6 Å². The molecule has 0 spiro atoms. The average Bonchev–Trinajstić information content (AvgIpc) is 2.59. The molecule has 1 aliphatic heterocycles. The molecule has 118 valence electrons. The van der Waals surface area contributed by atoms with E-state index in [0.29, 0.717) is 19.6 Å². The first kappa shape index (κ1) is 15.1. The first-order valence-corrected chi connectivity index (χ1v) is 7.47. The minimum Gasteiger partial charge on any atom is -0.493 e. The molecule has 5 heteroatoms. The lowest BCUT2D eigenvalue weighted by molar-refractivity contribution is -0.123. The van der Waals surface area contributed by atoms with Gasteiger partial charge in [-0.15, -0.1) is 0 Å². The van der Waals surface area contributed by atoms with Crippen molar-refractivity contribution in [3.8, 4) is 5.75 Å². The summed E-state index contributed by atoms with van der Waals surface area (Å²) < 4.78 is 5.56. The van der Waals surface area contributed by atoms with Gasteiger partial charge in [0.15, 0.2) is 0 Å². The molecule has 0 saturated heterocycles. The lowest BCUT2D eigenvalue weighted by Gasteiger charge is -2.25. The lowest BCUT2D eigenvalue weighted by Crippen LogP contribution is -2.32. The molecule has 3 rings (SSSR count). The third-order valence-electron chi connectivity index (χ3n) is 3.92. The largest absolute Gasteiger partial charge is 0.493 e. The number of hydrogen-bond acceptors (Lipinski definition) is 3. The van der Waals surface area contributed by atoms with Crippen LogP contribution in [0.25, 0.3) is 0 Å². The highest BCUT2D eigenvalue weighted by Crippen LogP contribution is 2.33. The van der Waals surface area contributed by atoms with Crippen molar-refractivity contribution < 1.29 is 19.4 Å². The number of ether oxygens (including phenoxy) is 1. The Bertz CT molecular complexity index is 741. The number of carbonyl (C=O) groups is 2. The molecule has 0 unspecified atom stereocenters. The number of rotatable bonds is 4. The molecule has 5 nitrogen and oxygen atoms in total. The highest BCUT2D eigenvalue weighted by Gasteiger charge is 2.27. The minimum atomic E-state index is -0.975. The van der Waals surface area contributed by atoms with E-state index in [-0.39, 0.29) is 17.4 Å². The molecule has 0 aliphatic carbocycles. The van der Waals surface area contributed by atoms with Crippen LogP contribution in [-0.4, -0.2) is 23.6 Å². The van der Waals surface area contributed by atoms with E-state index < -0.39 is 5.97 Å². The quantitative estimate of drug-likeness (QED) is 0.910. The predicted molar refractivity (Wildman–Crippen MR) is 84.5 cm³/mol. The summed E-state index contributed by atoms with van der Waals surface area (Å²) in [7, 11) is 0. The zero-order valence-electron chi connectivity index (χ0n) is 12.5. The summed E-state index contributed by atoms with van der Waals surface area (Å²) in [6.45, 7) is 0.822. The molecule has 2 aromatic rings. The third kappa shape index (κ3) is 3.34. The van der Waals surface area contributed by atoms with Crippen LogP contribution < -0.4 is 10.1 Å². The molecule has 1 aliphatic rings. The van der Waals surface area contributed by atoms with Crippen molar-refractivity contribution >= 4 is 11.9 Å². The standard InChI is InChI=1S/C18H17NO4/c20-17(15-8-9-23-16-7-2-1-6-14(15)16)19-11-12-4-3-5-13(10-12)18(21)22/h1-7,10,15H,8-9,11H2,(H,19,20)(H,21,22)/t15-/m1/s1. The van der Waals surface area contributed by atoms with Crippen LogP contribution in [0.15, 0.2) is 48.5 Å². The van der Waals surface area contributed by atoms with Gasteiger partial charge < -0.3 is 15.2 Å². The Morgan fingerprint density at radius 2 is 2.00 bits per heavy atom. The van der Waals surface area contributed by atoms with Gasteiger partial charge in [0.1, 0.15) is 5.75 Å². The normalized spacial score (nSPS) is 16.1. The van der Waals surface area contributed by atoms with E-state index >= 15 is 0 Å². The van der Waals surface area contributed by atoms with Crippen molar-refractivity contribution in [2.24, 2.45) is 0 Å². The Hall–Kier alpha value is -2.82. The Morgan fingerprint density at radius 3 is 2.83 bits per heavy atom. The molecule has 2 aromatic carbocycles. The summed E-state index contributed by atoms with van der Waals surface area (Å²) in [5.41, 5.74) is 1.88. The van der Waals surface area contributed by atoms with Gasteiger partial charge in [0.05, 0.1) is 18.1 Å². The Labute approximate surface area is 133 Å². The Morgan fingerprint density at radius 1 is 1.17 bits per heavy atom. The molecule has 0 radical (unpaired) electrons. The molecule has 1 atom stereocenters. The molecule has 0 aromatic heterocycles. The van der Waals surface area contributed by atoms with Gasteiger partial charge in [-0.1, -0.05) is 30.3 Å². The first-order valence-electron chi connectivity index (χ1n) is 7.47. The number of para-hydroxylation sites is 1. The smallest absolute Gasteiger partial charge is 0.335 e. The van der Waals surface area contributed by atoms with E-state index in [1.54, 1.807) is 18.2 Å². The summed E-state index contributed by atoms with van der Waals surface area (Å²) in [5, 5.41) is 11.9. The van der Waals surface area contributed by atoms with Gasteiger partial charge >= 0.3 is 5.97 Å². The summed E-state index contributed by atoms with van der Waals surface area (Å²) in [5.74, 6) is -0.521. The second-order valence-corrected chi connectivity index (χ2v) is 5.45. The van der Waals surface area contributed by atoms with Gasteiger partial charge in [0.2, 0.25) is 5.91 Å². The highest BCUT2D eigenvalue weighted by molar-refractivity contribution is 5.88. The zero-order chi connectivity index (χ0) is 16.2. The van der Waals surface area contributed by atoms with Crippen molar-refractivity contribution in [2.45, 2.75) is 18.9 Å². The van der Waals surface area contributed by atoms with Crippen LogP contribution in [0.3, 0.4) is 0 Å². The lowest BCUT2D eigenvalue weighted by atomic mass is 9.92. The van der Waals surface area contributed by atoms with Gasteiger partial charge in [0.25, 0.3) is 0 Å². The number of carbonyl (C=O) groups excluding carboxylic acids is 1. The van der Waals surface area contributed by atoms with Crippen LogP contribution >= 0.6 is 0 Å². The van der Waals surface area contributed by atoms with Gasteiger partial charge in [0, 0.05) is 12.1 Å². The molecular formula is C18H17NO4. The van der Waals surface area contributed by atoms with E-state index in [4.69, 9.17) is 9.84 Å². The maximum absolute atomic E-state index is 12.5. The number of carboxylic acid groups (broad SMARTS) is 1. The zero-order valence-corrected chi connectivity index (χ0v) is 12.5. The van der Waals surface area contributed by atoms with Crippen LogP contribution in [0.1, 0.15) is 33.8 Å². The van der Waals surface area contributed by atoms with Crippen LogP contribution in [0.2, 0.25) is 0 Å². The van der Waals surface area contributed by atoms with Gasteiger partial charge in [-0.2, -0.15) is 0 Å². The molecule has 0 bridgehead atoms. The maximum Gasteiger partial charge on any atom is 0.335 e. The van der Waals surface area contributed by atoms with Crippen LogP contribution in [0, 0.1) is 0 Å². The SMILES string of the molecule is O=C(O)c1cccc(CNC(=O)[C@@H]2CCOc3ccccc32)c1. The fourth-order valence-electron chi connectivity index (χ4n) is 2.74. The van der Waals surface area contributed by atoms with Crippen molar-refractivity contribution in [1.82, 2.24) is 5.32 Å². The van der Waals surface area contributed by atoms with Gasteiger partial charge in [-0.05, 0) is 30.2 Å². The fourth-order valence-corrected chi connectivity index (χ4v) is 2.74. The van der Waals surface area contributed by atoms with E-state index in [0.717, 1.165) is 16.9 Å². The number of benzene rings is 2. The van der Waals surface area contributed by atoms with Crippen LogP contribution in [-0.2, 0) is 11.3 Å². The van der Waals surface area contributed by atoms with Crippen molar-refractivity contribution in [3.05, 3.63) is 65.2 Å².